The molecule has 0 saturated heterocycles. The van der Waals surface area contributed by atoms with Gasteiger partial charge in [0, 0.05) is 29.1 Å². The zero-order chi connectivity index (χ0) is 22.9. The lowest BCUT2D eigenvalue weighted by Crippen LogP contribution is -2.15. The maximum atomic E-state index is 5.70. The third-order valence-electron chi connectivity index (χ3n) is 6.65. The summed E-state index contributed by atoms with van der Waals surface area (Å²) in [5.74, 6) is 3.30. The van der Waals surface area contributed by atoms with Gasteiger partial charge in [-0.25, -0.2) is 9.67 Å². The van der Waals surface area contributed by atoms with Crippen LogP contribution in [-0.2, 0) is 0 Å². The van der Waals surface area contributed by atoms with Crippen molar-refractivity contribution in [1.29, 1.82) is 0 Å². The fourth-order valence-corrected chi connectivity index (χ4v) is 5.61. The van der Waals surface area contributed by atoms with E-state index in [-0.39, 0.29) is 0 Å². The standard InChI is InChI=1S/C27H29N3O2S/c1-17-5-6-18(2)24(11-17)29-27-30(28-15-21-13-19-7-8-20(21)12-19)25(16-33-27)23-10-9-22(31-3)14-26(23)32-4/h5-11,14-16,19-21H,12-13H2,1-4H3. The predicted molar refractivity (Wildman–Crippen MR) is 135 cm³/mol. The van der Waals surface area contributed by atoms with Crippen molar-refractivity contribution in [2.24, 2.45) is 27.8 Å². The molecule has 3 aromatic rings. The predicted octanol–water partition coefficient (Wildman–Crippen LogP) is 6.13. The number of allylic oxidation sites excluding steroid dienone is 2. The fraction of sp³-hybridized carbons (Fsp3) is 0.333. The van der Waals surface area contributed by atoms with Crippen LogP contribution >= 0.6 is 11.3 Å². The van der Waals surface area contributed by atoms with Crippen molar-refractivity contribution >= 4 is 23.2 Å². The van der Waals surface area contributed by atoms with E-state index in [9.17, 15) is 0 Å². The van der Waals surface area contributed by atoms with Gasteiger partial charge in [-0.3, -0.25) is 0 Å². The monoisotopic (exact) mass is 459 g/mol. The Hall–Kier alpha value is -3.12. The third kappa shape index (κ3) is 4.27. The first-order valence-corrected chi connectivity index (χ1v) is 12.2. The van der Waals surface area contributed by atoms with E-state index < -0.39 is 0 Å². The summed E-state index contributed by atoms with van der Waals surface area (Å²) in [6.45, 7) is 4.18. The summed E-state index contributed by atoms with van der Waals surface area (Å²) in [6.07, 6.45) is 9.28. The molecular weight excluding hydrogens is 430 g/mol. The molecule has 1 fully saturated rings. The Morgan fingerprint density at radius 2 is 1.91 bits per heavy atom. The second-order valence-electron chi connectivity index (χ2n) is 8.89. The van der Waals surface area contributed by atoms with Crippen LogP contribution in [0.4, 0.5) is 5.69 Å². The van der Waals surface area contributed by atoms with Crippen LogP contribution in [0, 0.1) is 31.6 Å². The maximum Gasteiger partial charge on any atom is 0.211 e. The lowest BCUT2D eigenvalue weighted by molar-refractivity contribution is 0.395. The Morgan fingerprint density at radius 1 is 1.03 bits per heavy atom. The van der Waals surface area contributed by atoms with Crippen molar-refractivity contribution in [3.8, 4) is 22.8 Å². The molecule has 1 saturated carbocycles. The number of aryl methyl sites for hydroxylation is 2. The van der Waals surface area contributed by atoms with E-state index >= 15 is 0 Å². The van der Waals surface area contributed by atoms with Crippen LogP contribution in [0.2, 0.25) is 0 Å². The topological polar surface area (TPSA) is 48.1 Å². The molecule has 1 aromatic heterocycles. The van der Waals surface area contributed by atoms with Gasteiger partial charge in [0.15, 0.2) is 0 Å². The number of fused-ring (bicyclic) bond motifs is 2. The molecule has 5 nitrogen and oxygen atoms in total. The average molecular weight is 460 g/mol. The minimum Gasteiger partial charge on any atom is -0.497 e. The molecule has 3 unspecified atom stereocenters. The van der Waals surface area contributed by atoms with Gasteiger partial charge in [0.05, 0.1) is 25.6 Å². The van der Waals surface area contributed by atoms with E-state index in [1.807, 2.05) is 22.9 Å². The van der Waals surface area contributed by atoms with E-state index in [4.69, 9.17) is 19.6 Å². The molecule has 6 heteroatoms. The summed E-state index contributed by atoms with van der Waals surface area (Å²) in [5.41, 5.74) is 5.22. The normalized spacial score (nSPS) is 21.9. The molecule has 5 rings (SSSR count). The van der Waals surface area contributed by atoms with Gasteiger partial charge >= 0.3 is 0 Å². The zero-order valence-electron chi connectivity index (χ0n) is 19.5. The first-order chi connectivity index (χ1) is 16.1. The average Bonchev–Trinajstić information content (AvgIpc) is 3.55. The van der Waals surface area contributed by atoms with Gasteiger partial charge in [0.1, 0.15) is 11.5 Å². The van der Waals surface area contributed by atoms with Crippen molar-refractivity contribution in [2.75, 3.05) is 14.2 Å². The summed E-state index contributed by atoms with van der Waals surface area (Å²) in [7, 11) is 3.34. The highest BCUT2D eigenvalue weighted by molar-refractivity contribution is 7.07. The van der Waals surface area contributed by atoms with Gasteiger partial charge in [-0.2, -0.15) is 5.10 Å². The van der Waals surface area contributed by atoms with Gasteiger partial charge < -0.3 is 9.47 Å². The molecule has 0 N–H and O–H groups in total. The number of thiazole rings is 1. The molecule has 2 aliphatic rings. The number of rotatable bonds is 6. The summed E-state index contributed by atoms with van der Waals surface area (Å²) in [4.78, 5) is 5.86. The Kier molecular flexibility index (Phi) is 5.94. The molecule has 2 aliphatic carbocycles. The molecule has 0 radical (unpaired) electrons. The van der Waals surface area contributed by atoms with Crippen LogP contribution in [0.1, 0.15) is 24.0 Å². The van der Waals surface area contributed by atoms with Crippen molar-refractivity contribution in [1.82, 2.24) is 4.68 Å². The molecule has 2 aromatic carbocycles. The Morgan fingerprint density at radius 3 is 2.64 bits per heavy atom. The second kappa shape index (κ2) is 9.02. The quantitative estimate of drug-likeness (QED) is 0.329. The smallest absolute Gasteiger partial charge is 0.211 e. The molecular formula is C27H29N3O2S. The Balaban J connectivity index is 1.63. The van der Waals surface area contributed by atoms with Crippen molar-refractivity contribution in [2.45, 2.75) is 26.7 Å². The lowest BCUT2D eigenvalue weighted by Gasteiger charge is -2.13. The number of benzene rings is 2. The van der Waals surface area contributed by atoms with Gasteiger partial charge in [-0.1, -0.05) is 24.3 Å². The minimum atomic E-state index is 0.478. The zero-order valence-corrected chi connectivity index (χ0v) is 20.3. The van der Waals surface area contributed by atoms with Crippen molar-refractivity contribution in [3.63, 3.8) is 0 Å². The van der Waals surface area contributed by atoms with E-state index in [0.29, 0.717) is 17.8 Å². The molecule has 0 amide bonds. The Labute approximate surface area is 198 Å². The van der Waals surface area contributed by atoms with E-state index in [1.165, 1.54) is 18.4 Å². The first-order valence-electron chi connectivity index (χ1n) is 11.3. The molecule has 1 heterocycles. The summed E-state index contributed by atoms with van der Waals surface area (Å²) < 4.78 is 13.1. The number of ether oxygens (including phenoxy) is 2. The lowest BCUT2D eigenvalue weighted by atomic mass is 9.95. The highest BCUT2D eigenvalue weighted by Gasteiger charge is 2.34. The van der Waals surface area contributed by atoms with Gasteiger partial charge in [-0.15, -0.1) is 11.3 Å². The molecule has 0 spiro atoms. The first kappa shape index (κ1) is 21.7. The summed E-state index contributed by atoms with van der Waals surface area (Å²) in [5, 5.41) is 7.10. The summed E-state index contributed by atoms with van der Waals surface area (Å²) >= 11 is 1.59. The van der Waals surface area contributed by atoms with Gasteiger partial charge in [-0.05, 0) is 67.9 Å². The van der Waals surface area contributed by atoms with E-state index in [2.05, 4.69) is 55.8 Å². The number of methoxy groups -OCH3 is 2. The maximum absolute atomic E-state index is 5.70. The van der Waals surface area contributed by atoms with Crippen LogP contribution < -0.4 is 14.3 Å². The molecule has 3 atom stereocenters. The second-order valence-corrected chi connectivity index (χ2v) is 9.73. The SMILES string of the molecule is COc1ccc(-c2csc(=Nc3cc(C)ccc3C)n2N=CC2CC3C=CC2C3)c(OC)c1. The van der Waals surface area contributed by atoms with Gasteiger partial charge in [0.25, 0.3) is 0 Å². The van der Waals surface area contributed by atoms with Crippen LogP contribution in [0.5, 0.6) is 11.5 Å². The van der Waals surface area contributed by atoms with E-state index in [1.54, 1.807) is 25.6 Å². The largest absolute Gasteiger partial charge is 0.497 e. The number of aromatic nitrogens is 1. The van der Waals surface area contributed by atoms with Crippen molar-refractivity contribution < 1.29 is 9.47 Å². The van der Waals surface area contributed by atoms with Gasteiger partial charge in [0.2, 0.25) is 4.80 Å². The van der Waals surface area contributed by atoms with E-state index in [0.717, 1.165) is 38.8 Å². The fourth-order valence-electron chi connectivity index (χ4n) is 4.77. The van der Waals surface area contributed by atoms with Crippen molar-refractivity contribution in [3.05, 3.63) is 69.9 Å². The Bertz CT molecular complexity index is 1300. The molecule has 0 aliphatic heterocycles. The highest BCUT2D eigenvalue weighted by Crippen LogP contribution is 2.42. The number of hydrogen-bond donors (Lipinski definition) is 0. The molecule has 33 heavy (non-hydrogen) atoms. The molecule has 170 valence electrons. The minimum absolute atomic E-state index is 0.478. The number of hydrogen-bond acceptors (Lipinski definition) is 5. The van der Waals surface area contributed by atoms with Crippen LogP contribution in [-0.4, -0.2) is 25.1 Å². The van der Waals surface area contributed by atoms with Crippen LogP contribution in [0.3, 0.4) is 0 Å². The number of nitrogens with zero attached hydrogens (tertiary/aromatic N) is 3. The highest BCUT2D eigenvalue weighted by atomic mass is 32.1. The van der Waals surface area contributed by atoms with Crippen LogP contribution in [0.25, 0.3) is 11.3 Å². The van der Waals surface area contributed by atoms with Crippen LogP contribution in [0.15, 0.2) is 64.0 Å². The summed E-state index contributed by atoms with van der Waals surface area (Å²) in [6, 6.07) is 12.2. The molecule has 2 bridgehead atoms. The third-order valence-corrected chi connectivity index (χ3v) is 7.47.